The Morgan fingerprint density at radius 2 is 2.06 bits per heavy atom. The third-order valence-corrected chi connectivity index (χ3v) is 3.34. The largest absolute Gasteiger partial charge is 0.378 e. The van der Waals surface area contributed by atoms with Crippen LogP contribution in [-0.2, 0) is 6.54 Å². The van der Waals surface area contributed by atoms with E-state index in [1.165, 1.54) is 11.1 Å². The number of aryl methyl sites for hydroxylation is 2. The number of nitrogens with zero attached hydrogens (tertiary/aromatic N) is 1. The molecule has 2 nitrogen and oxygen atoms in total. The highest BCUT2D eigenvalue weighted by Gasteiger charge is 2.02. The fourth-order valence-electron chi connectivity index (χ4n) is 1.65. The predicted molar refractivity (Wildman–Crippen MR) is 75.2 cm³/mol. The Hall–Kier alpha value is -1.35. The first-order valence-corrected chi connectivity index (χ1v) is 6.36. The van der Waals surface area contributed by atoms with E-state index in [1.807, 2.05) is 12.3 Å². The zero-order valence-corrected chi connectivity index (χ0v) is 11.6. The van der Waals surface area contributed by atoms with Crippen molar-refractivity contribution >= 4 is 21.6 Å². The van der Waals surface area contributed by atoms with Gasteiger partial charge in [-0.3, -0.25) is 4.98 Å². The first-order valence-electron chi connectivity index (χ1n) is 5.57. The lowest BCUT2D eigenvalue weighted by Crippen LogP contribution is -2.03. The van der Waals surface area contributed by atoms with Crippen molar-refractivity contribution in [3.05, 3.63) is 57.8 Å². The Labute approximate surface area is 110 Å². The van der Waals surface area contributed by atoms with Crippen LogP contribution in [0.15, 0.2) is 41.0 Å². The summed E-state index contributed by atoms with van der Waals surface area (Å²) in [6.07, 6.45) is 1.83. The monoisotopic (exact) mass is 290 g/mol. The maximum atomic E-state index is 4.36. The minimum absolute atomic E-state index is 0.744. The molecule has 0 atom stereocenters. The van der Waals surface area contributed by atoms with Crippen LogP contribution in [0.3, 0.4) is 0 Å². The summed E-state index contributed by atoms with van der Waals surface area (Å²) in [5, 5.41) is 3.39. The second-order valence-electron chi connectivity index (χ2n) is 4.10. The summed E-state index contributed by atoms with van der Waals surface area (Å²) in [6, 6.07) is 10.3. The van der Waals surface area contributed by atoms with E-state index in [0.29, 0.717) is 0 Å². The summed E-state index contributed by atoms with van der Waals surface area (Å²) in [7, 11) is 0. The Kier molecular flexibility index (Phi) is 3.79. The van der Waals surface area contributed by atoms with E-state index in [1.54, 1.807) is 0 Å². The van der Waals surface area contributed by atoms with Gasteiger partial charge in [-0.1, -0.05) is 12.1 Å². The molecule has 1 aromatic carbocycles. The van der Waals surface area contributed by atoms with Gasteiger partial charge in [-0.2, -0.15) is 0 Å². The van der Waals surface area contributed by atoms with Crippen molar-refractivity contribution < 1.29 is 0 Å². The van der Waals surface area contributed by atoms with Gasteiger partial charge in [0.25, 0.3) is 0 Å². The lowest BCUT2D eigenvalue weighted by atomic mass is 10.2. The molecule has 17 heavy (non-hydrogen) atoms. The van der Waals surface area contributed by atoms with Crippen molar-refractivity contribution in [3.8, 4) is 0 Å². The van der Waals surface area contributed by atoms with Crippen LogP contribution in [0.25, 0.3) is 0 Å². The van der Waals surface area contributed by atoms with E-state index >= 15 is 0 Å². The van der Waals surface area contributed by atoms with Gasteiger partial charge < -0.3 is 5.32 Å². The van der Waals surface area contributed by atoms with E-state index in [2.05, 4.69) is 64.3 Å². The number of pyridine rings is 1. The van der Waals surface area contributed by atoms with Crippen molar-refractivity contribution in [1.82, 2.24) is 4.98 Å². The van der Waals surface area contributed by atoms with Crippen LogP contribution in [0.1, 0.15) is 16.8 Å². The van der Waals surface area contributed by atoms with Crippen molar-refractivity contribution in [3.63, 3.8) is 0 Å². The normalized spacial score (nSPS) is 10.3. The zero-order chi connectivity index (χ0) is 12.3. The molecule has 3 heteroatoms. The number of anilines is 1. The van der Waals surface area contributed by atoms with Crippen LogP contribution in [0, 0.1) is 13.8 Å². The Bertz CT molecular complexity index is 523. The standard InChI is InChI=1S/C14H15BrN2/c1-10-5-6-13(12(15)8-10)17-9-14-11(2)4-3-7-16-14/h3-8,17H,9H2,1-2H3. The third-order valence-electron chi connectivity index (χ3n) is 2.69. The zero-order valence-electron chi connectivity index (χ0n) is 10.00. The minimum Gasteiger partial charge on any atom is -0.378 e. The van der Waals surface area contributed by atoms with Crippen LogP contribution in [-0.4, -0.2) is 4.98 Å². The predicted octanol–water partition coefficient (Wildman–Crippen LogP) is 4.07. The van der Waals surface area contributed by atoms with Crippen molar-refractivity contribution in [2.24, 2.45) is 0 Å². The fraction of sp³-hybridized carbons (Fsp3) is 0.214. The molecular formula is C14H15BrN2. The summed E-state index contributed by atoms with van der Waals surface area (Å²) in [5.41, 5.74) is 4.64. The smallest absolute Gasteiger partial charge is 0.0623 e. The molecule has 2 rings (SSSR count). The fourth-order valence-corrected chi connectivity index (χ4v) is 2.28. The Balaban J connectivity index is 2.10. The first-order chi connectivity index (χ1) is 8.16. The number of rotatable bonds is 3. The van der Waals surface area contributed by atoms with E-state index in [4.69, 9.17) is 0 Å². The second kappa shape index (κ2) is 5.32. The summed E-state index contributed by atoms with van der Waals surface area (Å²) < 4.78 is 1.09. The molecular weight excluding hydrogens is 276 g/mol. The Morgan fingerprint density at radius 3 is 2.76 bits per heavy atom. The number of halogens is 1. The van der Waals surface area contributed by atoms with Gasteiger partial charge in [-0.15, -0.1) is 0 Å². The van der Waals surface area contributed by atoms with E-state index < -0.39 is 0 Å². The Morgan fingerprint density at radius 1 is 1.24 bits per heavy atom. The maximum absolute atomic E-state index is 4.36. The quantitative estimate of drug-likeness (QED) is 0.922. The highest BCUT2D eigenvalue weighted by Crippen LogP contribution is 2.23. The molecule has 88 valence electrons. The molecule has 0 radical (unpaired) electrons. The van der Waals surface area contributed by atoms with Gasteiger partial charge in [-0.25, -0.2) is 0 Å². The molecule has 0 saturated heterocycles. The number of nitrogens with one attached hydrogen (secondary N) is 1. The lowest BCUT2D eigenvalue weighted by molar-refractivity contribution is 1.02. The number of benzene rings is 1. The van der Waals surface area contributed by atoms with Crippen molar-refractivity contribution in [1.29, 1.82) is 0 Å². The molecule has 1 N–H and O–H groups in total. The third kappa shape index (κ3) is 3.07. The molecule has 0 unspecified atom stereocenters. The average Bonchev–Trinajstić information content (AvgIpc) is 2.30. The van der Waals surface area contributed by atoms with E-state index in [9.17, 15) is 0 Å². The van der Waals surface area contributed by atoms with Crippen LogP contribution in [0.5, 0.6) is 0 Å². The minimum atomic E-state index is 0.744. The molecule has 1 heterocycles. The number of hydrogen-bond acceptors (Lipinski definition) is 2. The summed E-state index contributed by atoms with van der Waals surface area (Å²) >= 11 is 3.56. The number of hydrogen-bond donors (Lipinski definition) is 1. The average molecular weight is 291 g/mol. The first kappa shape index (κ1) is 12.1. The molecule has 0 aliphatic rings. The number of aromatic nitrogens is 1. The summed E-state index contributed by atoms with van der Waals surface area (Å²) in [4.78, 5) is 4.36. The van der Waals surface area contributed by atoms with Crippen LogP contribution < -0.4 is 5.32 Å². The van der Waals surface area contributed by atoms with Gasteiger partial charge >= 0.3 is 0 Å². The van der Waals surface area contributed by atoms with Crippen LogP contribution >= 0.6 is 15.9 Å². The highest BCUT2D eigenvalue weighted by molar-refractivity contribution is 9.10. The van der Waals surface area contributed by atoms with Gasteiger partial charge in [0, 0.05) is 16.4 Å². The second-order valence-corrected chi connectivity index (χ2v) is 4.96. The summed E-state index contributed by atoms with van der Waals surface area (Å²) in [5.74, 6) is 0. The molecule has 0 bridgehead atoms. The van der Waals surface area contributed by atoms with Gasteiger partial charge in [0.2, 0.25) is 0 Å². The molecule has 0 amide bonds. The maximum Gasteiger partial charge on any atom is 0.0623 e. The molecule has 0 spiro atoms. The lowest BCUT2D eigenvalue weighted by Gasteiger charge is -2.10. The molecule has 0 fully saturated rings. The van der Waals surface area contributed by atoms with Gasteiger partial charge in [-0.05, 0) is 59.1 Å². The topological polar surface area (TPSA) is 24.9 Å². The van der Waals surface area contributed by atoms with Gasteiger partial charge in [0.05, 0.1) is 12.2 Å². The van der Waals surface area contributed by atoms with Crippen LogP contribution in [0.4, 0.5) is 5.69 Å². The van der Waals surface area contributed by atoms with E-state index in [-0.39, 0.29) is 0 Å². The molecule has 0 aliphatic carbocycles. The SMILES string of the molecule is Cc1ccc(NCc2ncccc2C)c(Br)c1. The highest BCUT2D eigenvalue weighted by atomic mass is 79.9. The van der Waals surface area contributed by atoms with Crippen molar-refractivity contribution in [2.45, 2.75) is 20.4 Å². The molecule has 0 saturated carbocycles. The molecule has 0 aliphatic heterocycles. The molecule has 1 aromatic heterocycles. The molecule has 2 aromatic rings. The van der Waals surface area contributed by atoms with Crippen LogP contribution in [0.2, 0.25) is 0 Å². The van der Waals surface area contributed by atoms with E-state index in [0.717, 1.165) is 22.4 Å². The van der Waals surface area contributed by atoms with Gasteiger partial charge in [0.15, 0.2) is 0 Å². The van der Waals surface area contributed by atoms with Crippen molar-refractivity contribution in [2.75, 3.05) is 5.32 Å². The summed E-state index contributed by atoms with van der Waals surface area (Å²) in [6.45, 7) is 4.90. The van der Waals surface area contributed by atoms with Gasteiger partial charge in [0.1, 0.15) is 0 Å².